The number of hydrogen-bond donors (Lipinski definition) is 3. The molecular weight excluding hydrogens is 268 g/mol. The molecule has 0 saturated heterocycles. The van der Waals surface area contributed by atoms with Crippen LogP contribution in [-0.2, 0) is 11.2 Å². The van der Waals surface area contributed by atoms with Crippen molar-refractivity contribution in [3.63, 3.8) is 0 Å². The Bertz CT molecular complexity index is 481. The van der Waals surface area contributed by atoms with Crippen LogP contribution in [0.15, 0.2) is 18.2 Å². The first-order valence-electron chi connectivity index (χ1n) is 7.12. The SMILES string of the molecule is COc1ccc(CCNC(=O)[C@H](N)CC(C)(C)C)cc1O. The number of ether oxygens (including phenoxy) is 1. The summed E-state index contributed by atoms with van der Waals surface area (Å²) in [6, 6.07) is 4.71. The van der Waals surface area contributed by atoms with Crippen LogP contribution in [0.5, 0.6) is 11.5 Å². The van der Waals surface area contributed by atoms with E-state index >= 15 is 0 Å². The van der Waals surface area contributed by atoms with E-state index in [1.54, 1.807) is 12.1 Å². The lowest BCUT2D eigenvalue weighted by molar-refractivity contribution is -0.122. The molecule has 0 unspecified atom stereocenters. The number of phenolic OH excluding ortho intramolecular Hbond substituents is 1. The molecule has 1 aromatic rings. The summed E-state index contributed by atoms with van der Waals surface area (Å²) < 4.78 is 4.98. The number of rotatable bonds is 6. The first kappa shape index (κ1) is 17.3. The number of nitrogens with one attached hydrogen (secondary N) is 1. The van der Waals surface area contributed by atoms with Crippen LogP contribution in [-0.4, -0.2) is 30.7 Å². The summed E-state index contributed by atoms with van der Waals surface area (Å²) in [4.78, 5) is 11.9. The molecule has 0 aromatic heterocycles. The van der Waals surface area contributed by atoms with E-state index in [2.05, 4.69) is 26.1 Å². The molecule has 4 N–H and O–H groups in total. The topological polar surface area (TPSA) is 84.6 Å². The van der Waals surface area contributed by atoms with Crippen molar-refractivity contribution in [2.75, 3.05) is 13.7 Å². The zero-order valence-electron chi connectivity index (χ0n) is 13.3. The molecule has 0 bridgehead atoms. The number of phenols is 1. The van der Waals surface area contributed by atoms with Crippen LogP contribution in [0.1, 0.15) is 32.8 Å². The molecule has 0 aliphatic carbocycles. The molecule has 0 saturated carbocycles. The van der Waals surface area contributed by atoms with Gasteiger partial charge >= 0.3 is 0 Å². The van der Waals surface area contributed by atoms with Gasteiger partial charge in [-0.2, -0.15) is 0 Å². The van der Waals surface area contributed by atoms with Gasteiger partial charge in [0.2, 0.25) is 5.91 Å². The molecule has 1 aromatic carbocycles. The zero-order chi connectivity index (χ0) is 16.0. The fraction of sp³-hybridized carbons (Fsp3) is 0.562. The summed E-state index contributed by atoms with van der Waals surface area (Å²) in [7, 11) is 1.51. The Balaban J connectivity index is 2.43. The normalized spacial score (nSPS) is 12.8. The van der Waals surface area contributed by atoms with Crippen LogP contribution in [0.25, 0.3) is 0 Å². The van der Waals surface area contributed by atoms with Crippen molar-refractivity contribution >= 4 is 5.91 Å². The number of carbonyl (C=O) groups is 1. The lowest BCUT2D eigenvalue weighted by Crippen LogP contribution is -2.43. The van der Waals surface area contributed by atoms with Gasteiger partial charge in [0, 0.05) is 6.54 Å². The number of hydrogen-bond acceptors (Lipinski definition) is 4. The summed E-state index contributed by atoms with van der Waals surface area (Å²) >= 11 is 0. The third kappa shape index (κ3) is 6.04. The van der Waals surface area contributed by atoms with Gasteiger partial charge in [-0.05, 0) is 36.0 Å². The van der Waals surface area contributed by atoms with E-state index in [1.807, 2.05) is 6.07 Å². The van der Waals surface area contributed by atoms with Crippen molar-refractivity contribution < 1.29 is 14.6 Å². The third-order valence-electron chi connectivity index (χ3n) is 3.13. The highest BCUT2D eigenvalue weighted by molar-refractivity contribution is 5.81. The fourth-order valence-electron chi connectivity index (χ4n) is 2.10. The molecule has 21 heavy (non-hydrogen) atoms. The Morgan fingerprint density at radius 3 is 2.62 bits per heavy atom. The molecule has 0 heterocycles. The first-order chi connectivity index (χ1) is 9.73. The number of aromatic hydroxyl groups is 1. The summed E-state index contributed by atoms with van der Waals surface area (Å²) in [5.74, 6) is 0.406. The number of carbonyl (C=O) groups excluding carboxylic acids is 1. The zero-order valence-corrected chi connectivity index (χ0v) is 13.3. The Morgan fingerprint density at radius 1 is 1.43 bits per heavy atom. The maximum atomic E-state index is 11.9. The summed E-state index contributed by atoms with van der Waals surface area (Å²) in [5.41, 5.74) is 6.83. The van der Waals surface area contributed by atoms with Gasteiger partial charge in [0.1, 0.15) is 0 Å². The minimum Gasteiger partial charge on any atom is -0.504 e. The Kier molecular flexibility index (Phi) is 6.03. The lowest BCUT2D eigenvalue weighted by Gasteiger charge is -2.22. The van der Waals surface area contributed by atoms with Crippen LogP contribution in [0.4, 0.5) is 0 Å². The predicted octanol–water partition coefficient (Wildman–Crippen LogP) is 1.82. The Hall–Kier alpha value is -1.75. The molecule has 0 fully saturated rings. The van der Waals surface area contributed by atoms with Gasteiger partial charge in [0.15, 0.2) is 11.5 Å². The highest BCUT2D eigenvalue weighted by atomic mass is 16.5. The van der Waals surface area contributed by atoms with E-state index in [4.69, 9.17) is 10.5 Å². The molecule has 118 valence electrons. The van der Waals surface area contributed by atoms with E-state index in [0.717, 1.165) is 5.56 Å². The summed E-state index contributed by atoms with van der Waals surface area (Å²) in [6.07, 6.45) is 1.27. The highest BCUT2D eigenvalue weighted by Gasteiger charge is 2.20. The largest absolute Gasteiger partial charge is 0.504 e. The van der Waals surface area contributed by atoms with Gasteiger partial charge in [-0.25, -0.2) is 0 Å². The van der Waals surface area contributed by atoms with E-state index < -0.39 is 6.04 Å². The molecule has 1 amide bonds. The quantitative estimate of drug-likeness (QED) is 0.747. The van der Waals surface area contributed by atoms with Gasteiger partial charge in [0.05, 0.1) is 13.2 Å². The molecular formula is C16H26N2O3. The molecule has 5 heteroatoms. The molecule has 0 aliphatic heterocycles. The van der Waals surface area contributed by atoms with Crippen LogP contribution in [0.2, 0.25) is 0 Å². The van der Waals surface area contributed by atoms with Crippen LogP contribution >= 0.6 is 0 Å². The van der Waals surface area contributed by atoms with Crippen molar-refractivity contribution in [3.05, 3.63) is 23.8 Å². The predicted molar refractivity (Wildman–Crippen MR) is 83.4 cm³/mol. The smallest absolute Gasteiger partial charge is 0.236 e. The second-order valence-electron chi connectivity index (χ2n) is 6.42. The lowest BCUT2D eigenvalue weighted by atomic mass is 9.88. The second-order valence-corrected chi connectivity index (χ2v) is 6.42. The molecule has 0 aliphatic rings. The molecule has 0 radical (unpaired) electrons. The number of amides is 1. The van der Waals surface area contributed by atoms with Crippen LogP contribution in [0, 0.1) is 5.41 Å². The average molecular weight is 294 g/mol. The van der Waals surface area contributed by atoms with Crippen LogP contribution < -0.4 is 15.8 Å². The first-order valence-corrected chi connectivity index (χ1v) is 7.12. The number of methoxy groups -OCH3 is 1. The summed E-state index contributed by atoms with van der Waals surface area (Å²) in [6.45, 7) is 6.66. The standard InChI is InChI=1S/C16H26N2O3/c1-16(2,3)10-12(17)15(20)18-8-7-11-5-6-14(21-4)13(19)9-11/h5-6,9,12,19H,7-8,10,17H2,1-4H3,(H,18,20)/t12-/m1/s1. The minimum atomic E-state index is -0.491. The van der Waals surface area contributed by atoms with Crippen molar-refractivity contribution in [1.29, 1.82) is 0 Å². The van der Waals surface area contributed by atoms with Crippen LogP contribution in [0.3, 0.4) is 0 Å². The number of nitrogens with two attached hydrogens (primary N) is 1. The average Bonchev–Trinajstić information content (AvgIpc) is 2.36. The van der Waals surface area contributed by atoms with Gasteiger partial charge < -0.3 is 20.9 Å². The maximum Gasteiger partial charge on any atom is 0.236 e. The van der Waals surface area contributed by atoms with Gasteiger partial charge in [-0.15, -0.1) is 0 Å². The monoisotopic (exact) mass is 294 g/mol. The highest BCUT2D eigenvalue weighted by Crippen LogP contribution is 2.26. The molecule has 1 rings (SSSR count). The second kappa shape index (κ2) is 7.31. The minimum absolute atomic E-state index is 0.0263. The fourth-order valence-corrected chi connectivity index (χ4v) is 2.10. The van der Waals surface area contributed by atoms with Crippen molar-refractivity contribution in [2.24, 2.45) is 11.1 Å². The van der Waals surface area contributed by atoms with E-state index in [9.17, 15) is 9.90 Å². The van der Waals surface area contributed by atoms with Crippen molar-refractivity contribution in [2.45, 2.75) is 39.7 Å². The van der Waals surface area contributed by atoms with Gasteiger partial charge in [-0.1, -0.05) is 26.8 Å². The Morgan fingerprint density at radius 2 is 2.10 bits per heavy atom. The van der Waals surface area contributed by atoms with Crippen molar-refractivity contribution in [1.82, 2.24) is 5.32 Å². The molecule has 0 spiro atoms. The Labute approximate surface area is 126 Å². The number of benzene rings is 1. The van der Waals surface area contributed by atoms with E-state index in [-0.39, 0.29) is 17.1 Å². The van der Waals surface area contributed by atoms with Gasteiger partial charge in [0.25, 0.3) is 0 Å². The third-order valence-corrected chi connectivity index (χ3v) is 3.13. The maximum absolute atomic E-state index is 11.9. The summed E-state index contributed by atoms with van der Waals surface area (Å²) in [5, 5.41) is 12.5. The van der Waals surface area contributed by atoms with Gasteiger partial charge in [-0.3, -0.25) is 4.79 Å². The van der Waals surface area contributed by atoms with E-state index in [1.165, 1.54) is 7.11 Å². The molecule has 1 atom stereocenters. The van der Waals surface area contributed by atoms with Crippen molar-refractivity contribution in [3.8, 4) is 11.5 Å². The van der Waals surface area contributed by atoms with E-state index in [0.29, 0.717) is 25.1 Å². The molecule has 5 nitrogen and oxygen atoms in total.